The molecule has 0 aliphatic carbocycles. The molecule has 1 aliphatic heterocycles. The first kappa shape index (κ1) is 17.8. The van der Waals surface area contributed by atoms with Gasteiger partial charge in [-0.05, 0) is 42.7 Å². The first-order valence-electron chi connectivity index (χ1n) is 8.57. The van der Waals surface area contributed by atoms with Gasteiger partial charge in [0.1, 0.15) is 6.04 Å². The Morgan fingerprint density at radius 1 is 1.08 bits per heavy atom. The van der Waals surface area contributed by atoms with Gasteiger partial charge in [-0.3, -0.25) is 9.69 Å². The summed E-state index contributed by atoms with van der Waals surface area (Å²) < 4.78 is 0. The van der Waals surface area contributed by atoms with Gasteiger partial charge in [-0.25, -0.2) is 0 Å². The summed E-state index contributed by atoms with van der Waals surface area (Å²) in [5, 5.41) is 10.4. The highest BCUT2D eigenvalue weighted by Gasteiger charge is 2.29. The largest absolute Gasteiger partial charge is 0.480 e. The van der Waals surface area contributed by atoms with Crippen molar-refractivity contribution in [2.24, 2.45) is 0 Å². The fraction of sp³-hybridized carbons (Fsp3) is 0.350. The molecule has 4 nitrogen and oxygen atoms in total. The van der Waals surface area contributed by atoms with Gasteiger partial charge in [-0.1, -0.05) is 41.9 Å². The number of piperazine rings is 1. The number of carboxylic acids is 1. The van der Waals surface area contributed by atoms with Gasteiger partial charge in [-0.15, -0.1) is 0 Å². The predicted octanol–water partition coefficient (Wildman–Crippen LogP) is 3.47. The number of para-hydroxylation sites is 1. The average molecular weight is 359 g/mol. The molecule has 1 saturated heterocycles. The van der Waals surface area contributed by atoms with Crippen molar-refractivity contribution in [1.82, 2.24) is 4.90 Å². The molecule has 1 N–H and O–H groups in total. The maximum atomic E-state index is 11.9. The van der Waals surface area contributed by atoms with E-state index in [1.54, 1.807) is 0 Å². The highest BCUT2D eigenvalue weighted by atomic mass is 35.5. The van der Waals surface area contributed by atoms with Crippen LogP contribution in [0.1, 0.15) is 11.1 Å². The molecule has 3 rings (SSSR count). The van der Waals surface area contributed by atoms with E-state index in [1.165, 1.54) is 5.69 Å². The number of hydrogen-bond donors (Lipinski definition) is 1. The molecule has 0 amide bonds. The molecule has 0 radical (unpaired) electrons. The minimum Gasteiger partial charge on any atom is -0.480 e. The molecule has 5 heteroatoms. The van der Waals surface area contributed by atoms with Gasteiger partial charge in [0.25, 0.3) is 0 Å². The second kappa shape index (κ2) is 7.89. The molecule has 2 aromatic carbocycles. The van der Waals surface area contributed by atoms with Crippen molar-refractivity contribution in [2.45, 2.75) is 19.4 Å². The lowest BCUT2D eigenvalue weighted by Crippen LogP contribution is -2.53. The highest BCUT2D eigenvalue weighted by Crippen LogP contribution is 2.23. The van der Waals surface area contributed by atoms with Gasteiger partial charge < -0.3 is 10.0 Å². The van der Waals surface area contributed by atoms with Crippen molar-refractivity contribution < 1.29 is 9.90 Å². The molecule has 1 aliphatic rings. The van der Waals surface area contributed by atoms with Gasteiger partial charge >= 0.3 is 5.97 Å². The molecule has 0 spiro atoms. The van der Waals surface area contributed by atoms with Crippen LogP contribution in [0.5, 0.6) is 0 Å². The third-order valence-corrected chi connectivity index (χ3v) is 5.36. The van der Waals surface area contributed by atoms with E-state index in [2.05, 4.69) is 21.9 Å². The van der Waals surface area contributed by atoms with E-state index in [0.29, 0.717) is 11.4 Å². The Labute approximate surface area is 153 Å². The fourth-order valence-electron chi connectivity index (χ4n) is 3.38. The second-order valence-corrected chi connectivity index (χ2v) is 6.85. The van der Waals surface area contributed by atoms with Crippen LogP contribution in [0.25, 0.3) is 0 Å². The Balaban J connectivity index is 1.68. The van der Waals surface area contributed by atoms with E-state index in [1.807, 2.05) is 43.3 Å². The summed E-state index contributed by atoms with van der Waals surface area (Å²) in [5.41, 5.74) is 3.17. The Kier molecular flexibility index (Phi) is 5.61. The Morgan fingerprint density at radius 2 is 1.76 bits per heavy atom. The van der Waals surface area contributed by atoms with Gasteiger partial charge in [-0.2, -0.15) is 0 Å². The van der Waals surface area contributed by atoms with Crippen molar-refractivity contribution in [3.8, 4) is 0 Å². The number of aliphatic carboxylic acids is 1. The van der Waals surface area contributed by atoms with E-state index in [9.17, 15) is 9.90 Å². The number of halogens is 1. The predicted molar refractivity (Wildman–Crippen MR) is 102 cm³/mol. The number of benzene rings is 2. The number of anilines is 1. The zero-order valence-corrected chi connectivity index (χ0v) is 15.1. The summed E-state index contributed by atoms with van der Waals surface area (Å²) in [6.07, 6.45) is 0.479. The average Bonchev–Trinajstić information content (AvgIpc) is 2.63. The molecule has 25 heavy (non-hydrogen) atoms. The van der Waals surface area contributed by atoms with Crippen LogP contribution in [0.3, 0.4) is 0 Å². The monoisotopic (exact) mass is 358 g/mol. The van der Waals surface area contributed by atoms with E-state index in [4.69, 9.17) is 11.6 Å². The third kappa shape index (κ3) is 4.14. The van der Waals surface area contributed by atoms with Crippen LogP contribution in [-0.4, -0.2) is 48.2 Å². The fourth-order valence-corrected chi connectivity index (χ4v) is 3.58. The van der Waals surface area contributed by atoms with Gasteiger partial charge in [0.05, 0.1) is 0 Å². The Morgan fingerprint density at radius 3 is 2.40 bits per heavy atom. The maximum Gasteiger partial charge on any atom is 0.321 e. The standard InChI is InChI=1S/C20H23ClN2O2/c1-15-16(6-5-9-18(15)21)14-19(20(24)25)23-12-10-22(11-13-23)17-7-3-2-4-8-17/h2-9,19H,10-14H2,1H3,(H,24,25)/t19-/m1/s1. The molecule has 0 unspecified atom stereocenters. The molecule has 1 heterocycles. The van der Waals surface area contributed by atoms with Crippen molar-refractivity contribution in [2.75, 3.05) is 31.1 Å². The van der Waals surface area contributed by atoms with Crippen LogP contribution in [0, 0.1) is 6.92 Å². The summed E-state index contributed by atoms with van der Waals surface area (Å²) in [4.78, 5) is 16.2. The van der Waals surface area contributed by atoms with E-state index in [-0.39, 0.29) is 0 Å². The topological polar surface area (TPSA) is 43.8 Å². The zero-order valence-electron chi connectivity index (χ0n) is 14.4. The first-order valence-corrected chi connectivity index (χ1v) is 8.95. The van der Waals surface area contributed by atoms with E-state index >= 15 is 0 Å². The van der Waals surface area contributed by atoms with Crippen molar-refractivity contribution in [1.29, 1.82) is 0 Å². The van der Waals surface area contributed by atoms with Crippen molar-refractivity contribution in [3.05, 3.63) is 64.7 Å². The lowest BCUT2D eigenvalue weighted by Gasteiger charge is -2.39. The quantitative estimate of drug-likeness (QED) is 0.888. The molecular weight excluding hydrogens is 336 g/mol. The summed E-state index contributed by atoms with van der Waals surface area (Å²) in [6, 6.07) is 15.4. The third-order valence-electron chi connectivity index (χ3n) is 4.95. The number of nitrogens with zero attached hydrogens (tertiary/aromatic N) is 2. The minimum atomic E-state index is -0.771. The first-order chi connectivity index (χ1) is 12.1. The maximum absolute atomic E-state index is 11.9. The van der Waals surface area contributed by atoms with Crippen LogP contribution in [0.4, 0.5) is 5.69 Å². The van der Waals surface area contributed by atoms with Gasteiger partial charge in [0.2, 0.25) is 0 Å². The number of carboxylic acid groups (broad SMARTS) is 1. The van der Waals surface area contributed by atoms with E-state index < -0.39 is 12.0 Å². The van der Waals surface area contributed by atoms with Gasteiger partial charge in [0, 0.05) is 36.9 Å². The lowest BCUT2D eigenvalue weighted by atomic mass is 9.99. The zero-order chi connectivity index (χ0) is 17.8. The van der Waals surface area contributed by atoms with E-state index in [0.717, 1.165) is 37.3 Å². The summed E-state index contributed by atoms with van der Waals surface area (Å²) in [7, 11) is 0. The lowest BCUT2D eigenvalue weighted by molar-refractivity contribution is -0.143. The minimum absolute atomic E-state index is 0.479. The van der Waals surface area contributed by atoms with Crippen LogP contribution in [0.2, 0.25) is 5.02 Å². The number of carbonyl (C=O) groups is 1. The van der Waals surface area contributed by atoms with Crippen LogP contribution in [0.15, 0.2) is 48.5 Å². The van der Waals surface area contributed by atoms with Crippen molar-refractivity contribution >= 4 is 23.3 Å². The van der Waals surface area contributed by atoms with Crippen LogP contribution >= 0.6 is 11.6 Å². The Hall–Kier alpha value is -2.04. The van der Waals surface area contributed by atoms with Gasteiger partial charge in [0.15, 0.2) is 0 Å². The smallest absolute Gasteiger partial charge is 0.321 e. The molecule has 1 atom stereocenters. The van der Waals surface area contributed by atoms with Crippen LogP contribution in [-0.2, 0) is 11.2 Å². The molecule has 1 fully saturated rings. The van der Waals surface area contributed by atoms with Crippen molar-refractivity contribution in [3.63, 3.8) is 0 Å². The molecule has 0 aromatic heterocycles. The summed E-state index contributed by atoms with van der Waals surface area (Å²) in [5.74, 6) is -0.771. The highest BCUT2D eigenvalue weighted by molar-refractivity contribution is 6.31. The molecule has 0 saturated carbocycles. The van der Waals surface area contributed by atoms with Crippen LogP contribution < -0.4 is 4.90 Å². The molecule has 2 aromatic rings. The SMILES string of the molecule is Cc1c(Cl)cccc1C[C@H](C(=O)O)N1CCN(c2ccccc2)CC1. The summed E-state index contributed by atoms with van der Waals surface area (Å²) in [6.45, 7) is 5.10. The molecule has 132 valence electrons. The number of hydrogen-bond acceptors (Lipinski definition) is 3. The second-order valence-electron chi connectivity index (χ2n) is 6.44. The summed E-state index contributed by atoms with van der Waals surface area (Å²) >= 11 is 6.18. The Bertz CT molecular complexity index is 728. The number of rotatable bonds is 5. The normalized spacial score (nSPS) is 16.6. The molecule has 0 bridgehead atoms. The molecular formula is C20H23ClN2O2.